The molecule has 0 radical (unpaired) electrons. The van der Waals surface area contributed by atoms with Crippen molar-refractivity contribution in [2.45, 2.75) is 71.4 Å². The second-order valence-corrected chi connectivity index (χ2v) is 10.1. The third kappa shape index (κ3) is 5.66. The van der Waals surface area contributed by atoms with Crippen LogP contribution in [0.25, 0.3) is 0 Å². The van der Waals surface area contributed by atoms with Gasteiger partial charge < -0.3 is 9.64 Å². The number of hydrogen-bond donors (Lipinski definition) is 0. The van der Waals surface area contributed by atoms with E-state index in [0.717, 1.165) is 18.7 Å². The molecule has 1 aromatic heterocycles. The van der Waals surface area contributed by atoms with Crippen molar-refractivity contribution in [3.63, 3.8) is 0 Å². The summed E-state index contributed by atoms with van der Waals surface area (Å²) in [5, 5.41) is 4.49. The smallest absolute Gasteiger partial charge is 0.410 e. The van der Waals surface area contributed by atoms with Gasteiger partial charge in [-0.1, -0.05) is 0 Å². The SMILES string of the molecule is CC(C)(C)OC(=O)N1CCCn2nc(/C=N/S(=O)C(C)(C)C)cc2C1. The van der Waals surface area contributed by atoms with E-state index in [1.165, 1.54) is 0 Å². The summed E-state index contributed by atoms with van der Waals surface area (Å²) in [6, 6.07) is 1.88. The monoisotopic (exact) mass is 368 g/mol. The standard InChI is InChI=1S/C17H28N4O3S/c1-16(2,3)24-15(22)20-8-7-9-21-14(12-20)10-13(19-21)11-18-25(23)17(4,5)6/h10-11H,7-9,12H2,1-6H3/b18-11+. The third-order valence-electron chi connectivity index (χ3n) is 3.49. The van der Waals surface area contributed by atoms with Crippen LogP contribution in [0.15, 0.2) is 10.5 Å². The molecule has 1 aromatic rings. The van der Waals surface area contributed by atoms with E-state index in [0.29, 0.717) is 18.8 Å². The maximum Gasteiger partial charge on any atom is 0.410 e. The van der Waals surface area contributed by atoms with Crippen molar-refractivity contribution in [3.8, 4) is 0 Å². The molecule has 8 heteroatoms. The molecule has 1 amide bonds. The molecule has 0 aromatic carbocycles. The number of nitrogens with zero attached hydrogens (tertiary/aromatic N) is 4. The maximum absolute atomic E-state index is 12.3. The second-order valence-electron chi connectivity index (χ2n) is 8.14. The average Bonchev–Trinajstić information content (AvgIpc) is 2.72. The fourth-order valence-corrected chi connectivity index (χ4v) is 2.81. The van der Waals surface area contributed by atoms with Gasteiger partial charge in [0, 0.05) is 13.1 Å². The first-order valence-corrected chi connectivity index (χ1v) is 9.57. The molecule has 25 heavy (non-hydrogen) atoms. The van der Waals surface area contributed by atoms with Crippen LogP contribution in [0.5, 0.6) is 0 Å². The lowest BCUT2D eigenvalue weighted by atomic mass is 10.2. The Morgan fingerprint density at radius 2 is 1.96 bits per heavy atom. The molecular weight excluding hydrogens is 340 g/mol. The Balaban J connectivity index is 2.11. The highest BCUT2D eigenvalue weighted by atomic mass is 32.2. The third-order valence-corrected chi connectivity index (χ3v) is 4.83. The lowest BCUT2D eigenvalue weighted by Gasteiger charge is -2.26. The van der Waals surface area contributed by atoms with Crippen LogP contribution in [0.2, 0.25) is 0 Å². The van der Waals surface area contributed by atoms with Gasteiger partial charge in [0.1, 0.15) is 22.3 Å². The van der Waals surface area contributed by atoms with E-state index >= 15 is 0 Å². The molecule has 140 valence electrons. The fraction of sp³-hybridized carbons (Fsp3) is 0.706. The highest BCUT2D eigenvalue weighted by Gasteiger charge is 2.25. The van der Waals surface area contributed by atoms with Gasteiger partial charge in [-0.05, 0) is 54.0 Å². The lowest BCUT2D eigenvalue weighted by molar-refractivity contribution is 0.0236. The van der Waals surface area contributed by atoms with E-state index in [-0.39, 0.29) is 6.09 Å². The normalized spacial score (nSPS) is 17.3. The second kappa shape index (κ2) is 7.27. The molecule has 0 bridgehead atoms. The maximum atomic E-state index is 12.3. The van der Waals surface area contributed by atoms with Gasteiger partial charge in [-0.3, -0.25) is 4.68 Å². The first kappa shape index (κ1) is 19.6. The number of rotatable bonds is 2. The van der Waals surface area contributed by atoms with E-state index in [9.17, 15) is 9.00 Å². The summed E-state index contributed by atoms with van der Waals surface area (Å²) in [6.07, 6.45) is 2.03. The van der Waals surface area contributed by atoms with Gasteiger partial charge >= 0.3 is 6.09 Å². The van der Waals surface area contributed by atoms with Crippen LogP contribution in [0.4, 0.5) is 4.79 Å². The highest BCUT2D eigenvalue weighted by Crippen LogP contribution is 2.17. The van der Waals surface area contributed by atoms with Gasteiger partial charge in [-0.2, -0.15) is 9.50 Å². The topological polar surface area (TPSA) is 76.8 Å². The van der Waals surface area contributed by atoms with Crippen molar-refractivity contribution in [1.29, 1.82) is 0 Å². The molecule has 0 spiro atoms. The molecule has 2 heterocycles. The van der Waals surface area contributed by atoms with Crippen LogP contribution in [-0.4, -0.2) is 48.1 Å². The number of carbonyl (C=O) groups is 1. The summed E-state index contributed by atoms with van der Waals surface area (Å²) in [7, 11) is -1.32. The number of carbonyl (C=O) groups excluding carboxylic acids is 1. The predicted octanol–water partition coefficient (Wildman–Crippen LogP) is 2.91. The Hall–Kier alpha value is -1.70. The highest BCUT2D eigenvalue weighted by molar-refractivity contribution is 7.85. The van der Waals surface area contributed by atoms with Gasteiger partial charge in [0.05, 0.1) is 23.2 Å². The van der Waals surface area contributed by atoms with Crippen molar-refractivity contribution in [2.24, 2.45) is 4.40 Å². The van der Waals surface area contributed by atoms with Crippen LogP contribution >= 0.6 is 0 Å². The van der Waals surface area contributed by atoms with Crippen LogP contribution in [-0.2, 0) is 28.8 Å². The molecule has 0 saturated carbocycles. The van der Waals surface area contributed by atoms with Crippen molar-refractivity contribution in [3.05, 3.63) is 17.5 Å². The number of hydrogen-bond acceptors (Lipinski definition) is 4. The Kier molecular flexibility index (Phi) is 5.71. The molecule has 1 unspecified atom stereocenters. The van der Waals surface area contributed by atoms with Crippen LogP contribution < -0.4 is 0 Å². The summed E-state index contributed by atoms with van der Waals surface area (Å²) in [5.74, 6) is 0. The Morgan fingerprint density at radius 3 is 2.56 bits per heavy atom. The molecule has 1 aliphatic rings. The molecule has 1 aliphatic heterocycles. The van der Waals surface area contributed by atoms with E-state index in [1.807, 2.05) is 52.3 Å². The first-order chi connectivity index (χ1) is 11.5. The van der Waals surface area contributed by atoms with Crippen LogP contribution in [0, 0.1) is 0 Å². The minimum absolute atomic E-state index is 0.314. The van der Waals surface area contributed by atoms with Crippen molar-refractivity contribution >= 4 is 23.3 Å². The van der Waals surface area contributed by atoms with Gasteiger partial charge in [-0.25, -0.2) is 9.00 Å². The van der Waals surface area contributed by atoms with Gasteiger partial charge in [0.2, 0.25) is 0 Å². The molecule has 0 aliphatic carbocycles. The zero-order valence-electron chi connectivity index (χ0n) is 15.9. The Morgan fingerprint density at radius 1 is 1.28 bits per heavy atom. The molecule has 0 fully saturated rings. The van der Waals surface area contributed by atoms with Gasteiger partial charge in [0.15, 0.2) is 0 Å². The number of fused-ring (bicyclic) bond motifs is 1. The minimum Gasteiger partial charge on any atom is -0.444 e. The number of ether oxygens (including phenoxy) is 1. The zero-order valence-corrected chi connectivity index (χ0v) is 16.7. The van der Waals surface area contributed by atoms with Gasteiger partial charge in [0.25, 0.3) is 0 Å². The van der Waals surface area contributed by atoms with Crippen LogP contribution in [0.3, 0.4) is 0 Å². The zero-order chi connectivity index (χ0) is 18.8. The predicted molar refractivity (Wildman–Crippen MR) is 99.0 cm³/mol. The molecule has 0 N–H and O–H groups in total. The minimum atomic E-state index is -1.32. The quantitative estimate of drug-likeness (QED) is 0.752. The molecule has 1 atom stereocenters. The number of aromatic nitrogens is 2. The van der Waals surface area contributed by atoms with Crippen LogP contribution in [0.1, 0.15) is 59.4 Å². The summed E-state index contributed by atoms with van der Waals surface area (Å²) in [4.78, 5) is 14.0. The molecule has 2 rings (SSSR count). The van der Waals surface area contributed by atoms with E-state index < -0.39 is 21.3 Å². The largest absolute Gasteiger partial charge is 0.444 e. The summed E-state index contributed by atoms with van der Waals surface area (Å²) < 4.78 is 23.1. The summed E-state index contributed by atoms with van der Waals surface area (Å²) in [5.41, 5.74) is 1.06. The van der Waals surface area contributed by atoms with Crippen molar-refractivity contribution in [2.75, 3.05) is 6.54 Å². The first-order valence-electron chi connectivity index (χ1n) is 8.46. The molecular formula is C17H28N4O3S. The Labute approximate surface area is 152 Å². The molecule has 0 saturated heterocycles. The molecule has 7 nitrogen and oxygen atoms in total. The number of aryl methyl sites for hydroxylation is 1. The van der Waals surface area contributed by atoms with Crippen molar-refractivity contribution < 1.29 is 13.7 Å². The average molecular weight is 369 g/mol. The fourth-order valence-electron chi connectivity index (χ4n) is 2.29. The van der Waals surface area contributed by atoms with E-state index in [4.69, 9.17) is 4.74 Å². The van der Waals surface area contributed by atoms with Gasteiger partial charge in [-0.15, -0.1) is 0 Å². The lowest BCUT2D eigenvalue weighted by Crippen LogP contribution is -2.36. The summed E-state index contributed by atoms with van der Waals surface area (Å²) in [6.45, 7) is 13.0. The van der Waals surface area contributed by atoms with E-state index in [1.54, 1.807) is 11.1 Å². The Bertz CT molecular complexity index is 683. The van der Waals surface area contributed by atoms with E-state index in [2.05, 4.69) is 9.50 Å². The van der Waals surface area contributed by atoms with Crippen molar-refractivity contribution in [1.82, 2.24) is 14.7 Å². The number of amides is 1. The summed E-state index contributed by atoms with van der Waals surface area (Å²) >= 11 is 0.